The van der Waals surface area contributed by atoms with E-state index in [9.17, 15) is 8.78 Å². The molecule has 0 saturated carbocycles. The smallest absolute Gasteiger partial charge is 0.266 e. The number of morpholine rings is 1. The third-order valence-corrected chi connectivity index (χ3v) is 7.54. The van der Waals surface area contributed by atoms with Crippen molar-refractivity contribution in [1.82, 2.24) is 4.98 Å². The van der Waals surface area contributed by atoms with Crippen LogP contribution in [0.15, 0.2) is 66.7 Å². The van der Waals surface area contributed by atoms with Gasteiger partial charge in [-0.1, -0.05) is 55.3 Å². The monoisotopic (exact) mass is 537 g/mol. The molecule has 208 valence electrons. The van der Waals surface area contributed by atoms with Gasteiger partial charge in [0, 0.05) is 43.5 Å². The maximum atomic E-state index is 13.5. The highest BCUT2D eigenvalue weighted by Crippen LogP contribution is 2.32. The van der Waals surface area contributed by atoms with Crippen molar-refractivity contribution in [2.75, 3.05) is 43.2 Å². The van der Waals surface area contributed by atoms with Gasteiger partial charge in [-0.2, -0.15) is 4.98 Å². The minimum atomic E-state index is -2.53. The molecule has 8 heteroatoms. The Morgan fingerprint density at radius 3 is 2.56 bits per heavy atom. The van der Waals surface area contributed by atoms with E-state index < -0.39 is 12.5 Å². The number of benzene rings is 2. The number of alkyl halides is 2. The molecule has 2 aliphatic rings. The summed E-state index contributed by atoms with van der Waals surface area (Å²) in [4.78, 5) is 9.33. The van der Waals surface area contributed by atoms with Gasteiger partial charge in [-0.05, 0) is 42.5 Å². The standard InChI is InChI=1S/C31H37F2N3O3/c1-37-27-13-11-24(12-14-27)22-39-30-20-26(35-16-17-38-28(21-35)31(32)33)19-29(34-30)36-15-7-3-6-10-25(36)18-23-8-4-2-5-9-23/h2,4-5,8-9,11-14,19-20,25,28,31H,3,6-7,10,15-18,21-22H2,1H3. The van der Waals surface area contributed by atoms with Gasteiger partial charge in [0.25, 0.3) is 6.43 Å². The first-order valence-electron chi connectivity index (χ1n) is 13.8. The van der Waals surface area contributed by atoms with E-state index in [0.29, 0.717) is 25.1 Å². The van der Waals surface area contributed by atoms with E-state index in [-0.39, 0.29) is 13.2 Å². The first-order valence-corrected chi connectivity index (χ1v) is 13.8. The average molecular weight is 538 g/mol. The van der Waals surface area contributed by atoms with E-state index in [1.54, 1.807) is 7.11 Å². The second-order valence-electron chi connectivity index (χ2n) is 10.2. The highest BCUT2D eigenvalue weighted by atomic mass is 19.3. The molecule has 2 aromatic carbocycles. The molecule has 2 unspecified atom stereocenters. The van der Waals surface area contributed by atoms with Crippen LogP contribution in [0.3, 0.4) is 0 Å². The quantitative estimate of drug-likeness (QED) is 0.327. The Hall–Kier alpha value is -3.39. The number of ether oxygens (including phenoxy) is 3. The van der Waals surface area contributed by atoms with Gasteiger partial charge in [-0.15, -0.1) is 0 Å². The normalized spacial score (nSPS) is 20.1. The fraction of sp³-hybridized carbons (Fsp3) is 0.452. The maximum Gasteiger partial charge on any atom is 0.266 e. The highest BCUT2D eigenvalue weighted by molar-refractivity contribution is 5.59. The van der Waals surface area contributed by atoms with Gasteiger partial charge in [0.05, 0.1) is 13.7 Å². The van der Waals surface area contributed by atoms with Crippen LogP contribution in [0.4, 0.5) is 20.3 Å². The van der Waals surface area contributed by atoms with Crippen LogP contribution in [0.5, 0.6) is 11.6 Å². The number of aromatic nitrogens is 1. The summed E-state index contributed by atoms with van der Waals surface area (Å²) in [5, 5.41) is 0. The summed E-state index contributed by atoms with van der Waals surface area (Å²) >= 11 is 0. The predicted molar refractivity (Wildman–Crippen MR) is 149 cm³/mol. The molecule has 0 bridgehead atoms. The molecule has 1 aromatic heterocycles. The van der Waals surface area contributed by atoms with E-state index in [2.05, 4.69) is 29.2 Å². The molecule has 0 aliphatic carbocycles. The summed E-state index contributed by atoms with van der Waals surface area (Å²) in [6, 6.07) is 22.5. The van der Waals surface area contributed by atoms with Crippen LogP contribution >= 0.6 is 0 Å². The van der Waals surface area contributed by atoms with Crippen LogP contribution in [0.1, 0.15) is 36.8 Å². The SMILES string of the molecule is COc1ccc(COc2cc(N3CCOC(C(F)F)C3)cc(N3CCCCCC3Cc3ccccc3)n2)cc1. The summed E-state index contributed by atoms with van der Waals surface area (Å²) in [7, 11) is 1.64. The van der Waals surface area contributed by atoms with Crippen molar-refractivity contribution in [2.24, 2.45) is 0 Å². The second kappa shape index (κ2) is 13.1. The first-order chi connectivity index (χ1) is 19.1. The third-order valence-electron chi connectivity index (χ3n) is 7.54. The van der Waals surface area contributed by atoms with E-state index in [0.717, 1.165) is 48.6 Å². The van der Waals surface area contributed by atoms with Crippen molar-refractivity contribution in [2.45, 2.75) is 57.3 Å². The van der Waals surface area contributed by atoms with Crippen molar-refractivity contribution >= 4 is 11.5 Å². The Labute approximate surface area is 229 Å². The largest absolute Gasteiger partial charge is 0.497 e. The molecule has 0 radical (unpaired) electrons. The molecule has 0 spiro atoms. The van der Waals surface area contributed by atoms with E-state index in [1.165, 1.54) is 18.4 Å². The van der Waals surface area contributed by atoms with E-state index >= 15 is 0 Å². The first kappa shape index (κ1) is 27.2. The lowest BCUT2D eigenvalue weighted by Crippen LogP contribution is -2.45. The zero-order chi connectivity index (χ0) is 27.0. The number of halogens is 2. The Morgan fingerprint density at radius 1 is 0.974 bits per heavy atom. The number of anilines is 2. The van der Waals surface area contributed by atoms with Gasteiger partial charge in [0.1, 0.15) is 24.3 Å². The Balaban J connectivity index is 1.44. The molecule has 39 heavy (non-hydrogen) atoms. The molecular formula is C31H37F2N3O3. The number of hydrogen-bond acceptors (Lipinski definition) is 6. The van der Waals surface area contributed by atoms with Crippen LogP contribution in [-0.4, -0.2) is 56.9 Å². The Bertz CT molecular complexity index is 1180. The maximum absolute atomic E-state index is 13.5. The lowest BCUT2D eigenvalue weighted by atomic mass is 10.0. The van der Waals surface area contributed by atoms with Crippen molar-refractivity contribution in [1.29, 1.82) is 0 Å². The molecule has 3 heterocycles. The fourth-order valence-corrected chi connectivity index (χ4v) is 5.40. The van der Waals surface area contributed by atoms with Gasteiger partial charge >= 0.3 is 0 Å². The molecule has 5 rings (SSSR count). The molecule has 0 N–H and O–H groups in total. The molecule has 2 aliphatic heterocycles. The Kier molecular flexibility index (Phi) is 9.14. The summed E-state index contributed by atoms with van der Waals surface area (Å²) in [5.74, 6) is 2.11. The van der Waals surface area contributed by atoms with Crippen molar-refractivity contribution < 1.29 is 23.0 Å². The van der Waals surface area contributed by atoms with Crippen LogP contribution in [-0.2, 0) is 17.8 Å². The predicted octanol–water partition coefficient (Wildman–Crippen LogP) is 6.13. The van der Waals surface area contributed by atoms with Crippen LogP contribution < -0.4 is 19.3 Å². The number of pyridine rings is 1. The number of methoxy groups -OCH3 is 1. The van der Waals surface area contributed by atoms with Crippen molar-refractivity contribution in [3.05, 3.63) is 77.9 Å². The van der Waals surface area contributed by atoms with Crippen LogP contribution in [0.2, 0.25) is 0 Å². The second-order valence-corrected chi connectivity index (χ2v) is 10.2. The zero-order valence-corrected chi connectivity index (χ0v) is 22.5. The van der Waals surface area contributed by atoms with Crippen molar-refractivity contribution in [3.8, 4) is 11.6 Å². The summed E-state index contributed by atoms with van der Waals surface area (Å²) in [6.07, 6.45) is 1.82. The molecule has 3 aromatic rings. The molecule has 2 atom stereocenters. The van der Waals surface area contributed by atoms with Gasteiger partial charge < -0.3 is 24.0 Å². The minimum Gasteiger partial charge on any atom is -0.497 e. The number of hydrogen-bond donors (Lipinski definition) is 0. The fourth-order valence-electron chi connectivity index (χ4n) is 5.40. The molecular weight excluding hydrogens is 500 g/mol. The summed E-state index contributed by atoms with van der Waals surface area (Å²) < 4.78 is 43.8. The topological polar surface area (TPSA) is 47.1 Å². The Morgan fingerprint density at radius 2 is 1.79 bits per heavy atom. The molecule has 2 fully saturated rings. The van der Waals surface area contributed by atoms with Gasteiger partial charge in [-0.3, -0.25) is 0 Å². The van der Waals surface area contributed by atoms with E-state index in [1.807, 2.05) is 47.4 Å². The van der Waals surface area contributed by atoms with Crippen molar-refractivity contribution in [3.63, 3.8) is 0 Å². The van der Waals surface area contributed by atoms with Gasteiger partial charge in [0.2, 0.25) is 5.88 Å². The van der Waals surface area contributed by atoms with Crippen LogP contribution in [0.25, 0.3) is 0 Å². The van der Waals surface area contributed by atoms with E-state index in [4.69, 9.17) is 19.2 Å². The zero-order valence-electron chi connectivity index (χ0n) is 22.5. The number of rotatable bonds is 9. The minimum absolute atomic E-state index is 0.131. The molecule has 2 saturated heterocycles. The number of nitrogens with zero attached hydrogens (tertiary/aromatic N) is 3. The van der Waals surface area contributed by atoms with Gasteiger partial charge in [0.15, 0.2) is 0 Å². The lowest BCUT2D eigenvalue weighted by Gasteiger charge is -2.36. The highest BCUT2D eigenvalue weighted by Gasteiger charge is 2.30. The van der Waals surface area contributed by atoms with Gasteiger partial charge in [-0.25, -0.2) is 8.78 Å². The molecule has 0 amide bonds. The average Bonchev–Trinajstić information content (AvgIpc) is 3.22. The summed E-state index contributed by atoms with van der Waals surface area (Å²) in [5.41, 5.74) is 3.13. The molecule has 6 nitrogen and oxygen atoms in total. The third kappa shape index (κ3) is 7.18. The van der Waals surface area contributed by atoms with Crippen LogP contribution in [0, 0.1) is 0 Å². The summed E-state index contributed by atoms with van der Waals surface area (Å²) in [6.45, 7) is 2.17. The lowest BCUT2D eigenvalue weighted by molar-refractivity contribution is -0.0614.